The molecule has 0 atom stereocenters. The van der Waals surface area contributed by atoms with Crippen LogP contribution in [0.25, 0.3) is 0 Å². The van der Waals surface area contributed by atoms with Crippen LogP contribution in [0.3, 0.4) is 0 Å². The van der Waals surface area contributed by atoms with Crippen molar-refractivity contribution in [3.8, 4) is 0 Å². The Balaban J connectivity index is 0. The fraction of sp³-hybridized carbons (Fsp3) is 1.00. The predicted octanol–water partition coefficient (Wildman–Crippen LogP) is 1.18. The number of hydrogen-bond donors (Lipinski definition) is 2. The van der Waals surface area contributed by atoms with E-state index in [-0.39, 0.29) is 24.8 Å². The number of piperidine rings is 1. The standard InChI is InChI=1S/C7H16N2.2ClH/c8-4-1-7-2-5-9-6-3-7;;/h7,9H,1-6,8H2;2*1H. The monoisotopic (exact) mass is 200 g/mol. The summed E-state index contributed by atoms with van der Waals surface area (Å²) in [6.45, 7) is 3.26. The summed E-state index contributed by atoms with van der Waals surface area (Å²) in [7, 11) is 0. The van der Waals surface area contributed by atoms with Crippen LogP contribution >= 0.6 is 24.8 Å². The molecule has 0 amide bonds. The molecule has 0 aromatic carbocycles. The minimum Gasteiger partial charge on any atom is -0.330 e. The second-order valence-corrected chi connectivity index (χ2v) is 2.77. The van der Waals surface area contributed by atoms with Crippen LogP contribution in [-0.4, -0.2) is 19.6 Å². The molecule has 4 heteroatoms. The lowest BCUT2D eigenvalue weighted by Gasteiger charge is -2.21. The molecule has 1 aliphatic heterocycles. The summed E-state index contributed by atoms with van der Waals surface area (Å²) in [5.41, 5.74) is 5.44. The molecule has 1 saturated heterocycles. The molecule has 0 unspecified atom stereocenters. The first-order valence-electron chi connectivity index (χ1n) is 3.84. The molecule has 1 aliphatic rings. The molecule has 1 rings (SSSR count). The minimum absolute atomic E-state index is 0. The lowest BCUT2D eigenvalue weighted by atomic mass is 9.95. The van der Waals surface area contributed by atoms with Crippen molar-refractivity contribution in [1.82, 2.24) is 5.32 Å². The predicted molar refractivity (Wildman–Crippen MR) is 53.8 cm³/mol. The first kappa shape index (κ1) is 14.0. The van der Waals surface area contributed by atoms with E-state index in [0.29, 0.717) is 0 Å². The van der Waals surface area contributed by atoms with Gasteiger partial charge in [-0.15, -0.1) is 24.8 Å². The highest BCUT2D eigenvalue weighted by molar-refractivity contribution is 5.85. The van der Waals surface area contributed by atoms with E-state index < -0.39 is 0 Å². The van der Waals surface area contributed by atoms with Gasteiger partial charge in [-0.25, -0.2) is 0 Å². The van der Waals surface area contributed by atoms with Gasteiger partial charge in [0.15, 0.2) is 0 Å². The van der Waals surface area contributed by atoms with Gasteiger partial charge >= 0.3 is 0 Å². The van der Waals surface area contributed by atoms with Crippen LogP contribution in [-0.2, 0) is 0 Å². The molecular weight excluding hydrogens is 183 g/mol. The molecule has 11 heavy (non-hydrogen) atoms. The third-order valence-corrected chi connectivity index (χ3v) is 2.03. The SMILES string of the molecule is Cl.Cl.NCCC1CCNCC1. The van der Waals surface area contributed by atoms with Crippen LogP contribution in [0.15, 0.2) is 0 Å². The zero-order valence-electron chi connectivity index (χ0n) is 6.71. The summed E-state index contributed by atoms with van der Waals surface area (Å²) >= 11 is 0. The van der Waals surface area contributed by atoms with E-state index in [2.05, 4.69) is 5.32 Å². The van der Waals surface area contributed by atoms with E-state index in [4.69, 9.17) is 5.73 Å². The van der Waals surface area contributed by atoms with Crippen molar-refractivity contribution in [3.05, 3.63) is 0 Å². The maximum Gasteiger partial charge on any atom is -0.00463 e. The Morgan fingerprint density at radius 3 is 2.18 bits per heavy atom. The van der Waals surface area contributed by atoms with Gasteiger partial charge < -0.3 is 11.1 Å². The van der Waals surface area contributed by atoms with Crippen molar-refractivity contribution in [3.63, 3.8) is 0 Å². The van der Waals surface area contributed by atoms with Gasteiger partial charge in [-0.3, -0.25) is 0 Å². The van der Waals surface area contributed by atoms with E-state index in [1.807, 2.05) is 0 Å². The number of rotatable bonds is 2. The molecule has 70 valence electrons. The average molecular weight is 201 g/mol. The van der Waals surface area contributed by atoms with Gasteiger partial charge in [-0.1, -0.05) is 0 Å². The van der Waals surface area contributed by atoms with Crippen molar-refractivity contribution in [2.75, 3.05) is 19.6 Å². The second kappa shape index (κ2) is 8.60. The summed E-state index contributed by atoms with van der Waals surface area (Å²) in [5.74, 6) is 0.913. The third kappa shape index (κ3) is 5.74. The van der Waals surface area contributed by atoms with Crippen molar-refractivity contribution in [2.24, 2.45) is 11.7 Å². The van der Waals surface area contributed by atoms with Crippen LogP contribution in [0.1, 0.15) is 19.3 Å². The van der Waals surface area contributed by atoms with E-state index in [9.17, 15) is 0 Å². The van der Waals surface area contributed by atoms with Crippen LogP contribution in [0.2, 0.25) is 0 Å². The molecule has 1 heterocycles. The third-order valence-electron chi connectivity index (χ3n) is 2.03. The molecule has 0 aliphatic carbocycles. The Morgan fingerprint density at radius 2 is 1.73 bits per heavy atom. The highest BCUT2D eigenvalue weighted by Crippen LogP contribution is 2.13. The van der Waals surface area contributed by atoms with Gasteiger partial charge in [0.2, 0.25) is 0 Å². The quantitative estimate of drug-likeness (QED) is 0.704. The smallest absolute Gasteiger partial charge is 0.00463 e. The molecule has 2 nitrogen and oxygen atoms in total. The van der Waals surface area contributed by atoms with Gasteiger partial charge in [-0.05, 0) is 44.8 Å². The molecule has 1 fully saturated rings. The number of hydrogen-bond acceptors (Lipinski definition) is 2. The molecule has 3 N–H and O–H groups in total. The minimum atomic E-state index is 0. The summed E-state index contributed by atoms with van der Waals surface area (Å²) in [5, 5.41) is 3.33. The molecule has 0 radical (unpaired) electrons. The van der Waals surface area contributed by atoms with E-state index in [0.717, 1.165) is 12.5 Å². The lowest BCUT2D eigenvalue weighted by Crippen LogP contribution is -2.28. The molecule has 0 spiro atoms. The van der Waals surface area contributed by atoms with Crippen LogP contribution in [0, 0.1) is 5.92 Å². The van der Waals surface area contributed by atoms with Crippen LogP contribution in [0.5, 0.6) is 0 Å². The average Bonchev–Trinajstić information content (AvgIpc) is 1.91. The first-order chi connectivity index (χ1) is 4.43. The Labute approximate surface area is 81.1 Å². The van der Waals surface area contributed by atoms with Crippen LogP contribution in [0.4, 0.5) is 0 Å². The summed E-state index contributed by atoms with van der Waals surface area (Å²) in [4.78, 5) is 0. The highest BCUT2D eigenvalue weighted by Gasteiger charge is 2.10. The topological polar surface area (TPSA) is 38.0 Å². The lowest BCUT2D eigenvalue weighted by molar-refractivity contribution is 0.358. The summed E-state index contributed by atoms with van der Waals surface area (Å²) in [6, 6.07) is 0. The molecular formula is C7H18Cl2N2. The van der Waals surface area contributed by atoms with Crippen molar-refractivity contribution in [1.29, 1.82) is 0 Å². The Bertz CT molecular complexity index is 72.1. The first-order valence-corrected chi connectivity index (χ1v) is 3.84. The van der Waals surface area contributed by atoms with Crippen molar-refractivity contribution >= 4 is 24.8 Å². The fourth-order valence-electron chi connectivity index (χ4n) is 1.41. The Morgan fingerprint density at radius 1 is 1.18 bits per heavy atom. The van der Waals surface area contributed by atoms with Crippen molar-refractivity contribution in [2.45, 2.75) is 19.3 Å². The zero-order chi connectivity index (χ0) is 6.53. The van der Waals surface area contributed by atoms with Gasteiger partial charge in [-0.2, -0.15) is 0 Å². The number of halogens is 2. The number of nitrogens with two attached hydrogens (primary N) is 1. The van der Waals surface area contributed by atoms with Gasteiger partial charge in [0.1, 0.15) is 0 Å². The Kier molecular flexibility index (Phi) is 11.0. The highest BCUT2D eigenvalue weighted by atomic mass is 35.5. The zero-order valence-corrected chi connectivity index (χ0v) is 8.35. The van der Waals surface area contributed by atoms with E-state index >= 15 is 0 Å². The molecule has 0 aromatic heterocycles. The maximum atomic E-state index is 5.44. The Hall–Kier alpha value is 0.500. The van der Waals surface area contributed by atoms with Crippen LogP contribution < -0.4 is 11.1 Å². The van der Waals surface area contributed by atoms with E-state index in [1.165, 1.54) is 32.4 Å². The summed E-state index contributed by atoms with van der Waals surface area (Å²) in [6.07, 6.45) is 3.88. The maximum absolute atomic E-state index is 5.44. The normalized spacial score (nSPS) is 18.3. The van der Waals surface area contributed by atoms with Gasteiger partial charge in [0, 0.05) is 0 Å². The van der Waals surface area contributed by atoms with Gasteiger partial charge in [0.05, 0.1) is 0 Å². The van der Waals surface area contributed by atoms with Gasteiger partial charge in [0.25, 0.3) is 0 Å². The fourth-order valence-corrected chi connectivity index (χ4v) is 1.41. The molecule has 0 aromatic rings. The molecule has 0 saturated carbocycles. The number of nitrogens with one attached hydrogen (secondary N) is 1. The molecule has 0 bridgehead atoms. The largest absolute Gasteiger partial charge is 0.330 e. The van der Waals surface area contributed by atoms with Crippen molar-refractivity contribution < 1.29 is 0 Å². The summed E-state index contributed by atoms with van der Waals surface area (Å²) < 4.78 is 0. The van der Waals surface area contributed by atoms with E-state index in [1.54, 1.807) is 0 Å². The second-order valence-electron chi connectivity index (χ2n) is 2.77.